The van der Waals surface area contributed by atoms with Crippen molar-refractivity contribution in [2.45, 2.75) is 156 Å². The maximum absolute atomic E-state index is 2.40. The highest BCUT2D eigenvalue weighted by Crippen LogP contribution is 2.16. The molecule has 0 fully saturated rings. The van der Waals surface area contributed by atoms with Gasteiger partial charge >= 0.3 is 0 Å². The molecule has 0 aliphatic heterocycles. The minimum atomic E-state index is 0.950. The van der Waals surface area contributed by atoms with Crippen molar-refractivity contribution in [2.24, 2.45) is 5.92 Å². The lowest BCUT2D eigenvalue weighted by Crippen LogP contribution is -1.91. The van der Waals surface area contributed by atoms with Gasteiger partial charge in [-0.2, -0.15) is 0 Å². The molecule has 0 amide bonds. The molecule has 25 heavy (non-hydrogen) atoms. The fourth-order valence-corrected chi connectivity index (χ4v) is 3.78. The molecule has 0 saturated carbocycles. The van der Waals surface area contributed by atoms with E-state index in [2.05, 4.69) is 20.8 Å². The van der Waals surface area contributed by atoms with Gasteiger partial charge in [-0.05, 0) is 5.92 Å². The Bertz CT molecular complexity index is 220. The van der Waals surface area contributed by atoms with Gasteiger partial charge in [-0.3, -0.25) is 0 Å². The highest BCUT2D eigenvalue weighted by molar-refractivity contribution is 4.53. The van der Waals surface area contributed by atoms with Crippen LogP contribution in [0.3, 0.4) is 0 Å². The summed E-state index contributed by atoms with van der Waals surface area (Å²) in [6.07, 6.45) is 30.9. The van der Waals surface area contributed by atoms with Gasteiger partial charge in [-0.25, -0.2) is 0 Å². The van der Waals surface area contributed by atoms with Gasteiger partial charge in [0.15, 0.2) is 0 Å². The third-order valence-corrected chi connectivity index (χ3v) is 6.00. The smallest absolute Gasteiger partial charge is 0.0445 e. The zero-order valence-corrected chi connectivity index (χ0v) is 18.4. The van der Waals surface area contributed by atoms with Crippen LogP contribution in [0.1, 0.15) is 156 Å². The van der Waals surface area contributed by atoms with Crippen LogP contribution >= 0.6 is 0 Å². The van der Waals surface area contributed by atoms with Crippen LogP contribution in [-0.4, -0.2) is 0 Å². The van der Waals surface area contributed by atoms with E-state index < -0.39 is 0 Å². The summed E-state index contributed by atoms with van der Waals surface area (Å²) in [5.74, 6) is 0.950. The molecule has 0 rings (SSSR count). The summed E-state index contributed by atoms with van der Waals surface area (Å²) in [6, 6.07) is 0. The van der Waals surface area contributed by atoms with Gasteiger partial charge in [0.2, 0.25) is 0 Å². The highest BCUT2D eigenvalue weighted by atomic mass is 14.0. The second-order valence-electron chi connectivity index (χ2n) is 8.67. The lowest BCUT2D eigenvalue weighted by molar-refractivity contribution is 0.468. The van der Waals surface area contributed by atoms with Gasteiger partial charge in [0.05, 0.1) is 0 Å². The summed E-state index contributed by atoms with van der Waals surface area (Å²) < 4.78 is 0. The Morgan fingerprint density at radius 2 is 0.680 bits per heavy atom. The highest BCUT2D eigenvalue weighted by Gasteiger charge is 1.98. The van der Waals surface area contributed by atoms with Crippen molar-refractivity contribution in [3.8, 4) is 0 Å². The molecule has 152 valence electrons. The van der Waals surface area contributed by atoms with Crippen LogP contribution in [0.25, 0.3) is 0 Å². The van der Waals surface area contributed by atoms with Crippen molar-refractivity contribution in [1.29, 1.82) is 0 Å². The summed E-state index contributed by atoms with van der Waals surface area (Å²) in [5, 5.41) is 0. The van der Waals surface area contributed by atoms with E-state index in [1.807, 2.05) is 0 Å². The number of hydrogen-bond donors (Lipinski definition) is 0. The van der Waals surface area contributed by atoms with Gasteiger partial charge < -0.3 is 0 Å². The van der Waals surface area contributed by atoms with Gasteiger partial charge in [-0.1, -0.05) is 156 Å². The largest absolute Gasteiger partial charge is 0.0654 e. The van der Waals surface area contributed by atoms with Crippen LogP contribution in [-0.2, 0) is 0 Å². The molecular formula is C25H52. The van der Waals surface area contributed by atoms with E-state index in [1.165, 1.54) is 135 Å². The van der Waals surface area contributed by atoms with E-state index in [-0.39, 0.29) is 0 Å². The molecule has 0 spiro atoms. The van der Waals surface area contributed by atoms with Crippen molar-refractivity contribution in [3.63, 3.8) is 0 Å². The minimum absolute atomic E-state index is 0.950. The van der Waals surface area contributed by atoms with Crippen molar-refractivity contribution in [3.05, 3.63) is 0 Å². The molecule has 0 radical (unpaired) electrons. The van der Waals surface area contributed by atoms with Gasteiger partial charge in [0.25, 0.3) is 0 Å². The molecule has 0 aliphatic carbocycles. The monoisotopic (exact) mass is 352 g/mol. The Morgan fingerprint density at radius 3 is 0.960 bits per heavy atom. The Kier molecular flexibility index (Phi) is 22.0. The van der Waals surface area contributed by atoms with E-state index >= 15 is 0 Å². The average Bonchev–Trinajstić information content (AvgIpc) is 2.63. The first-order valence-corrected chi connectivity index (χ1v) is 12.3. The summed E-state index contributed by atoms with van der Waals surface area (Å²) in [6.45, 7) is 7.02. The summed E-state index contributed by atoms with van der Waals surface area (Å²) >= 11 is 0. The number of unbranched alkanes of at least 4 members (excludes halogenated alkanes) is 18. The fourth-order valence-electron chi connectivity index (χ4n) is 3.78. The molecule has 0 aromatic carbocycles. The summed E-state index contributed by atoms with van der Waals surface area (Å²) in [4.78, 5) is 0. The van der Waals surface area contributed by atoms with Crippen LogP contribution < -0.4 is 0 Å². The second-order valence-corrected chi connectivity index (χ2v) is 8.67. The standard InChI is InChI=1S/C25H52/c1-4-6-7-8-9-10-11-12-13-14-15-16-17-18-19-20-21-22-23-24-25(3)5-2/h25H,4-24H2,1-3H3/t25-/m1/s1. The minimum Gasteiger partial charge on any atom is -0.0654 e. The molecule has 0 unspecified atom stereocenters. The summed E-state index contributed by atoms with van der Waals surface area (Å²) in [7, 11) is 0. The molecule has 0 heteroatoms. The molecule has 0 heterocycles. The van der Waals surface area contributed by atoms with E-state index in [0.29, 0.717) is 0 Å². The summed E-state index contributed by atoms with van der Waals surface area (Å²) in [5.41, 5.74) is 0. The van der Waals surface area contributed by atoms with Gasteiger partial charge in [0, 0.05) is 0 Å². The molecular weight excluding hydrogens is 300 g/mol. The third kappa shape index (κ3) is 22.0. The molecule has 0 bridgehead atoms. The van der Waals surface area contributed by atoms with Crippen LogP contribution in [0.2, 0.25) is 0 Å². The first-order chi connectivity index (χ1) is 12.3. The molecule has 0 saturated heterocycles. The SMILES string of the molecule is CCCCCCCCCCCCCCCCCCCCC[C@H](C)CC. The van der Waals surface area contributed by atoms with Crippen molar-refractivity contribution in [2.75, 3.05) is 0 Å². The first kappa shape index (κ1) is 25.0. The topological polar surface area (TPSA) is 0 Å². The molecule has 0 aromatic rings. The average molecular weight is 353 g/mol. The first-order valence-electron chi connectivity index (χ1n) is 12.3. The van der Waals surface area contributed by atoms with Gasteiger partial charge in [-0.15, -0.1) is 0 Å². The Balaban J connectivity index is 2.98. The Hall–Kier alpha value is 0. The van der Waals surface area contributed by atoms with Gasteiger partial charge in [0.1, 0.15) is 0 Å². The zero-order valence-electron chi connectivity index (χ0n) is 18.4. The molecule has 0 aliphatic rings. The third-order valence-electron chi connectivity index (χ3n) is 6.00. The molecule has 0 N–H and O–H groups in total. The number of hydrogen-bond acceptors (Lipinski definition) is 0. The van der Waals surface area contributed by atoms with Crippen LogP contribution in [0.5, 0.6) is 0 Å². The predicted octanol–water partition coefficient (Wildman–Crippen LogP) is 9.85. The molecule has 0 nitrogen and oxygen atoms in total. The van der Waals surface area contributed by atoms with E-state index in [1.54, 1.807) is 0 Å². The normalized spacial score (nSPS) is 12.6. The quantitative estimate of drug-likeness (QED) is 0.180. The van der Waals surface area contributed by atoms with Crippen molar-refractivity contribution >= 4 is 0 Å². The lowest BCUT2D eigenvalue weighted by Gasteiger charge is -2.07. The van der Waals surface area contributed by atoms with Crippen LogP contribution in [0, 0.1) is 5.92 Å². The van der Waals surface area contributed by atoms with Crippen molar-refractivity contribution < 1.29 is 0 Å². The number of rotatable bonds is 21. The lowest BCUT2D eigenvalue weighted by atomic mass is 9.99. The second kappa shape index (κ2) is 22.0. The molecule has 1 atom stereocenters. The maximum Gasteiger partial charge on any atom is -0.0445 e. The fraction of sp³-hybridized carbons (Fsp3) is 1.00. The van der Waals surface area contributed by atoms with Crippen LogP contribution in [0.15, 0.2) is 0 Å². The van der Waals surface area contributed by atoms with E-state index in [9.17, 15) is 0 Å². The van der Waals surface area contributed by atoms with E-state index in [0.717, 1.165) is 5.92 Å². The molecule has 0 aromatic heterocycles. The zero-order chi connectivity index (χ0) is 18.4. The Morgan fingerprint density at radius 1 is 0.400 bits per heavy atom. The van der Waals surface area contributed by atoms with Crippen LogP contribution in [0.4, 0.5) is 0 Å². The van der Waals surface area contributed by atoms with E-state index in [4.69, 9.17) is 0 Å². The van der Waals surface area contributed by atoms with Crippen molar-refractivity contribution in [1.82, 2.24) is 0 Å². The Labute approximate surface area is 161 Å². The maximum atomic E-state index is 2.40. The predicted molar refractivity (Wildman–Crippen MR) is 117 cm³/mol.